The molecule has 0 fully saturated rings. The zero-order valence-corrected chi connectivity index (χ0v) is 21.8. The average Bonchev–Trinajstić information content (AvgIpc) is 3.38. The van der Waals surface area contributed by atoms with Gasteiger partial charge < -0.3 is 0 Å². The number of amides is 1. The van der Waals surface area contributed by atoms with Gasteiger partial charge in [-0.25, -0.2) is 18.5 Å². The molecule has 4 aromatic carbocycles. The molecule has 0 unspecified atom stereocenters. The van der Waals surface area contributed by atoms with Gasteiger partial charge in [0.15, 0.2) is 0 Å². The zero-order valence-electron chi connectivity index (χ0n) is 21.0. The quantitative estimate of drug-likeness (QED) is 0.205. The summed E-state index contributed by atoms with van der Waals surface area (Å²) in [6.07, 6.45) is 3.40. The van der Waals surface area contributed by atoms with Gasteiger partial charge in [0.2, 0.25) is 0 Å². The summed E-state index contributed by atoms with van der Waals surface area (Å²) in [5.41, 5.74) is 7.44. The topological polar surface area (TPSA) is 105 Å². The molecule has 194 valence electrons. The first-order valence-corrected chi connectivity index (χ1v) is 13.6. The number of hydrazone groups is 1. The molecule has 1 amide bonds. The van der Waals surface area contributed by atoms with Crippen molar-refractivity contribution in [3.63, 3.8) is 0 Å². The van der Waals surface area contributed by atoms with Crippen molar-refractivity contribution < 1.29 is 13.2 Å². The highest BCUT2D eigenvalue weighted by Gasteiger charge is 2.15. The number of benzene rings is 4. The first kappa shape index (κ1) is 25.6. The largest absolute Gasteiger partial charge is 0.280 e. The summed E-state index contributed by atoms with van der Waals surface area (Å²) >= 11 is 0. The molecule has 0 aliphatic rings. The predicted octanol–water partition coefficient (Wildman–Crippen LogP) is 5.41. The number of nitrogens with zero attached hydrogens (tertiary/aromatic N) is 3. The van der Waals surface area contributed by atoms with E-state index < -0.39 is 15.9 Å². The Labute approximate surface area is 226 Å². The molecule has 0 aliphatic carbocycles. The lowest BCUT2D eigenvalue weighted by Crippen LogP contribution is -2.18. The second kappa shape index (κ2) is 11.2. The Bertz CT molecular complexity index is 1710. The minimum atomic E-state index is -3.74. The maximum Gasteiger partial charge on any atom is 0.271 e. The van der Waals surface area contributed by atoms with E-state index in [1.54, 1.807) is 35.2 Å². The number of sulfonamides is 1. The summed E-state index contributed by atoms with van der Waals surface area (Å²) in [5, 5.41) is 8.88. The number of anilines is 1. The van der Waals surface area contributed by atoms with Crippen LogP contribution in [0.1, 0.15) is 21.5 Å². The molecule has 8 nitrogen and oxygen atoms in total. The number of aromatic nitrogens is 2. The molecule has 0 bridgehead atoms. The van der Waals surface area contributed by atoms with Crippen LogP contribution in [0.5, 0.6) is 0 Å². The van der Waals surface area contributed by atoms with Crippen LogP contribution in [0.3, 0.4) is 0 Å². The Morgan fingerprint density at radius 3 is 2.15 bits per heavy atom. The van der Waals surface area contributed by atoms with Gasteiger partial charge in [-0.3, -0.25) is 9.52 Å². The maximum atomic E-state index is 12.7. The van der Waals surface area contributed by atoms with Crippen molar-refractivity contribution in [3.8, 4) is 16.9 Å². The highest BCUT2D eigenvalue weighted by atomic mass is 32.2. The van der Waals surface area contributed by atoms with Crippen molar-refractivity contribution >= 4 is 27.8 Å². The van der Waals surface area contributed by atoms with E-state index in [9.17, 15) is 13.2 Å². The van der Waals surface area contributed by atoms with Crippen LogP contribution in [-0.2, 0) is 10.0 Å². The first-order valence-electron chi connectivity index (χ1n) is 12.1. The number of para-hydroxylation sites is 1. The third-order valence-electron chi connectivity index (χ3n) is 5.91. The Morgan fingerprint density at radius 1 is 0.846 bits per heavy atom. The molecule has 0 radical (unpaired) electrons. The van der Waals surface area contributed by atoms with Crippen molar-refractivity contribution in [2.75, 3.05) is 4.72 Å². The van der Waals surface area contributed by atoms with Crippen LogP contribution in [-0.4, -0.2) is 30.3 Å². The summed E-state index contributed by atoms with van der Waals surface area (Å²) < 4.78 is 29.5. The van der Waals surface area contributed by atoms with Gasteiger partial charge in [-0.1, -0.05) is 66.2 Å². The minimum Gasteiger partial charge on any atom is -0.280 e. The molecule has 0 saturated heterocycles. The lowest BCUT2D eigenvalue weighted by molar-refractivity contribution is 0.0955. The highest BCUT2D eigenvalue weighted by molar-refractivity contribution is 7.92. The molecular weight excluding hydrogens is 510 g/mol. The van der Waals surface area contributed by atoms with Crippen molar-refractivity contribution in [1.82, 2.24) is 15.2 Å². The van der Waals surface area contributed by atoms with E-state index in [4.69, 9.17) is 5.10 Å². The third kappa shape index (κ3) is 6.11. The Hall–Kier alpha value is -5.02. The van der Waals surface area contributed by atoms with Crippen molar-refractivity contribution in [2.45, 2.75) is 11.8 Å². The van der Waals surface area contributed by atoms with Gasteiger partial charge in [0.1, 0.15) is 5.69 Å². The zero-order chi connectivity index (χ0) is 27.2. The summed E-state index contributed by atoms with van der Waals surface area (Å²) in [6, 6.07) is 32.1. The van der Waals surface area contributed by atoms with Gasteiger partial charge in [-0.15, -0.1) is 0 Å². The Kier molecular flexibility index (Phi) is 7.33. The fourth-order valence-corrected chi connectivity index (χ4v) is 4.92. The molecular formula is C30H25N5O3S. The first-order chi connectivity index (χ1) is 18.9. The fourth-order valence-electron chi connectivity index (χ4n) is 3.86. The molecule has 9 heteroatoms. The SMILES string of the molecule is Cc1ccc(S(=O)(=O)Nc2ccc(C(=O)NN=Cc3cn(-c4ccccc4)nc3-c3ccccc3)cc2)cc1. The monoisotopic (exact) mass is 535 g/mol. The van der Waals surface area contributed by atoms with Crippen LogP contribution in [0.4, 0.5) is 5.69 Å². The minimum absolute atomic E-state index is 0.162. The van der Waals surface area contributed by atoms with E-state index in [2.05, 4.69) is 15.2 Å². The summed E-state index contributed by atoms with van der Waals surface area (Å²) in [4.78, 5) is 12.8. The van der Waals surface area contributed by atoms with E-state index in [1.807, 2.05) is 73.8 Å². The number of rotatable bonds is 8. The second-order valence-corrected chi connectivity index (χ2v) is 10.5. The standard InChI is InChI=1S/C30H25N5O3S/c1-22-12-18-28(19-13-22)39(37,38)34-26-16-14-24(15-17-26)30(36)32-31-20-25-21-35(27-10-6-3-7-11-27)33-29(25)23-8-4-2-5-9-23/h2-21,34H,1H3,(H,32,36). The van der Waals surface area contributed by atoms with Gasteiger partial charge in [0.05, 0.1) is 16.8 Å². The van der Waals surface area contributed by atoms with Gasteiger partial charge in [0.25, 0.3) is 15.9 Å². The molecule has 0 aliphatic heterocycles. The van der Waals surface area contributed by atoms with Crippen LogP contribution < -0.4 is 10.1 Å². The van der Waals surface area contributed by atoms with E-state index in [0.717, 1.165) is 28.1 Å². The van der Waals surface area contributed by atoms with Crippen LogP contribution >= 0.6 is 0 Å². The van der Waals surface area contributed by atoms with Crippen molar-refractivity contribution in [2.24, 2.45) is 5.10 Å². The predicted molar refractivity (Wildman–Crippen MR) is 152 cm³/mol. The molecule has 0 saturated carbocycles. The molecule has 0 atom stereocenters. The average molecular weight is 536 g/mol. The molecule has 5 aromatic rings. The molecule has 1 aromatic heterocycles. The maximum absolute atomic E-state index is 12.7. The number of hydrogen-bond donors (Lipinski definition) is 2. The molecule has 5 rings (SSSR count). The summed E-state index contributed by atoms with van der Waals surface area (Å²) in [7, 11) is -3.74. The van der Waals surface area contributed by atoms with Gasteiger partial charge in [0, 0.05) is 28.6 Å². The summed E-state index contributed by atoms with van der Waals surface area (Å²) in [5.74, 6) is -0.434. The lowest BCUT2D eigenvalue weighted by Gasteiger charge is -2.09. The van der Waals surface area contributed by atoms with Crippen LogP contribution in [0.15, 0.2) is 125 Å². The van der Waals surface area contributed by atoms with Gasteiger partial charge in [-0.2, -0.15) is 10.2 Å². The Morgan fingerprint density at radius 2 is 1.49 bits per heavy atom. The van der Waals surface area contributed by atoms with Crippen LogP contribution in [0, 0.1) is 6.92 Å². The molecule has 2 N–H and O–H groups in total. The van der Waals surface area contributed by atoms with Gasteiger partial charge in [-0.05, 0) is 55.5 Å². The Balaban J connectivity index is 1.29. The molecule has 39 heavy (non-hydrogen) atoms. The van der Waals surface area contributed by atoms with E-state index in [-0.39, 0.29) is 4.90 Å². The number of carbonyl (C=O) groups is 1. The van der Waals surface area contributed by atoms with Crippen LogP contribution in [0.2, 0.25) is 0 Å². The van der Waals surface area contributed by atoms with Crippen LogP contribution in [0.25, 0.3) is 16.9 Å². The third-order valence-corrected chi connectivity index (χ3v) is 7.31. The second-order valence-electron chi connectivity index (χ2n) is 8.77. The normalized spacial score (nSPS) is 11.4. The highest BCUT2D eigenvalue weighted by Crippen LogP contribution is 2.22. The lowest BCUT2D eigenvalue weighted by atomic mass is 10.1. The number of aryl methyl sites for hydroxylation is 1. The van der Waals surface area contributed by atoms with Gasteiger partial charge >= 0.3 is 0 Å². The van der Waals surface area contributed by atoms with E-state index in [0.29, 0.717) is 11.3 Å². The number of carbonyl (C=O) groups excluding carboxylic acids is 1. The number of hydrogen-bond acceptors (Lipinski definition) is 5. The summed E-state index contributed by atoms with van der Waals surface area (Å²) in [6.45, 7) is 1.89. The molecule has 1 heterocycles. The van der Waals surface area contributed by atoms with E-state index >= 15 is 0 Å². The van der Waals surface area contributed by atoms with Crippen molar-refractivity contribution in [1.29, 1.82) is 0 Å². The fraction of sp³-hybridized carbons (Fsp3) is 0.0333. The van der Waals surface area contributed by atoms with E-state index in [1.165, 1.54) is 24.3 Å². The van der Waals surface area contributed by atoms with Crippen molar-refractivity contribution in [3.05, 3.63) is 132 Å². The smallest absolute Gasteiger partial charge is 0.271 e. The number of nitrogens with one attached hydrogen (secondary N) is 2. The molecule has 0 spiro atoms.